The molecule has 0 aromatic heterocycles. The Hall–Kier alpha value is -1.81. The number of hydrogen-bond donors (Lipinski definition) is 0. The first-order valence-corrected chi connectivity index (χ1v) is 9.88. The van der Waals surface area contributed by atoms with E-state index in [-0.39, 0.29) is 17.3 Å². The molecule has 150 valence electrons. The summed E-state index contributed by atoms with van der Waals surface area (Å²) < 4.78 is 11.1. The Morgan fingerprint density at radius 1 is 1.11 bits per heavy atom. The van der Waals surface area contributed by atoms with Crippen molar-refractivity contribution in [3.8, 4) is 0 Å². The second-order valence-corrected chi connectivity index (χ2v) is 9.21. The van der Waals surface area contributed by atoms with Gasteiger partial charge in [0.05, 0.1) is 19.6 Å². The van der Waals surface area contributed by atoms with Crippen molar-refractivity contribution in [2.24, 2.45) is 5.41 Å². The molecular formula is C23H35NO3. The first-order valence-electron chi connectivity index (χ1n) is 9.88. The van der Waals surface area contributed by atoms with Crippen molar-refractivity contribution in [1.29, 1.82) is 0 Å². The van der Waals surface area contributed by atoms with Crippen LogP contribution in [0, 0.1) is 5.41 Å². The zero-order valence-electron chi connectivity index (χ0n) is 17.7. The standard InChI is InChI=1S/C23H35NO3/c1-22(2,3)20(24-12-14-26-15-13-24)16-19(18-10-8-7-9-11-18)17-21(25)27-23(4,5)6/h7-11,16,19H,12-15,17H2,1-6H3/b20-16+/t19-/m1/s1. The van der Waals surface area contributed by atoms with Crippen LogP contribution in [-0.2, 0) is 14.3 Å². The summed E-state index contributed by atoms with van der Waals surface area (Å²) in [5.74, 6) is -0.180. The highest BCUT2D eigenvalue weighted by molar-refractivity contribution is 5.71. The Kier molecular flexibility index (Phi) is 7.10. The molecule has 1 saturated heterocycles. The largest absolute Gasteiger partial charge is 0.460 e. The quantitative estimate of drug-likeness (QED) is 0.697. The summed E-state index contributed by atoms with van der Waals surface area (Å²) in [5.41, 5.74) is 1.92. The molecule has 0 aliphatic carbocycles. The Morgan fingerprint density at radius 3 is 2.22 bits per heavy atom. The Bertz CT molecular complexity index is 632. The van der Waals surface area contributed by atoms with Crippen LogP contribution in [0.1, 0.15) is 59.4 Å². The molecule has 1 fully saturated rings. The summed E-state index contributed by atoms with van der Waals surface area (Å²) in [6.07, 6.45) is 2.61. The fourth-order valence-electron chi connectivity index (χ4n) is 3.36. The average Bonchev–Trinajstić information content (AvgIpc) is 2.57. The smallest absolute Gasteiger partial charge is 0.307 e. The van der Waals surface area contributed by atoms with Gasteiger partial charge in [0.15, 0.2) is 0 Å². The van der Waals surface area contributed by atoms with E-state index in [0.717, 1.165) is 31.9 Å². The minimum absolute atomic E-state index is 0.0156. The lowest BCUT2D eigenvalue weighted by atomic mass is 9.85. The molecule has 4 heteroatoms. The van der Waals surface area contributed by atoms with Gasteiger partial charge in [-0.05, 0) is 26.3 Å². The van der Waals surface area contributed by atoms with Crippen molar-refractivity contribution in [2.75, 3.05) is 26.3 Å². The lowest BCUT2D eigenvalue weighted by Gasteiger charge is -2.38. The summed E-state index contributed by atoms with van der Waals surface area (Å²) in [6.45, 7) is 15.7. The maximum atomic E-state index is 12.6. The molecule has 1 aromatic rings. The summed E-state index contributed by atoms with van der Waals surface area (Å²) in [6, 6.07) is 10.2. The molecule has 0 unspecified atom stereocenters. The van der Waals surface area contributed by atoms with Crippen molar-refractivity contribution in [3.63, 3.8) is 0 Å². The molecule has 1 heterocycles. The third-order valence-electron chi connectivity index (χ3n) is 4.51. The predicted octanol–water partition coefficient (Wildman–Crippen LogP) is 4.76. The van der Waals surface area contributed by atoms with Crippen LogP contribution in [0.3, 0.4) is 0 Å². The lowest BCUT2D eigenvalue weighted by molar-refractivity contribution is -0.155. The highest BCUT2D eigenvalue weighted by Crippen LogP contribution is 2.34. The number of benzene rings is 1. The molecule has 0 N–H and O–H groups in total. The molecule has 27 heavy (non-hydrogen) atoms. The maximum absolute atomic E-state index is 12.6. The van der Waals surface area contributed by atoms with Gasteiger partial charge in [0, 0.05) is 30.1 Å². The molecule has 2 rings (SSSR count). The highest BCUT2D eigenvalue weighted by atomic mass is 16.6. The number of hydrogen-bond acceptors (Lipinski definition) is 4. The van der Waals surface area contributed by atoms with Gasteiger partial charge >= 0.3 is 5.97 Å². The van der Waals surface area contributed by atoms with E-state index in [1.807, 2.05) is 39.0 Å². The number of ether oxygens (including phenoxy) is 2. The van der Waals surface area contributed by atoms with Crippen LogP contribution in [0.5, 0.6) is 0 Å². The van der Waals surface area contributed by atoms with Gasteiger partial charge in [-0.1, -0.05) is 57.2 Å². The normalized spacial score (nSPS) is 17.6. The summed E-state index contributed by atoms with van der Waals surface area (Å²) in [7, 11) is 0. The highest BCUT2D eigenvalue weighted by Gasteiger charge is 2.27. The van der Waals surface area contributed by atoms with Crippen molar-refractivity contribution in [3.05, 3.63) is 47.7 Å². The number of allylic oxidation sites excluding steroid dienone is 2. The van der Waals surface area contributed by atoms with Crippen LogP contribution in [0.2, 0.25) is 0 Å². The van der Waals surface area contributed by atoms with Gasteiger partial charge in [-0.15, -0.1) is 0 Å². The number of nitrogens with zero attached hydrogens (tertiary/aromatic N) is 1. The average molecular weight is 374 g/mol. The first kappa shape index (κ1) is 21.5. The molecule has 0 spiro atoms. The number of carbonyl (C=O) groups is 1. The van der Waals surface area contributed by atoms with Gasteiger partial charge < -0.3 is 14.4 Å². The van der Waals surface area contributed by atoms with E-state index in [2.05, 4.69) is 43.9 Å². The Balaban J connectivity index is 2.34. The van der Waals surface area contributed by atoms with E-state index in [1.54, 1.807) is 0 Å². The van der Waals surface area contributed by atoms with Crippen molar-refractivity contribution >= 4 is 5.97 Å². The monoisotopic (exact) mass is 373 g/mol. The van der Waals surface area contributed by atoms with Crippen LogP contribution in [0.25, 0.3) is 0 Å². The summed E-state index contributed by atoms with van der Waals surface area (Å²) >= 11 is 0. The molecule has 1 aliphatic heterocycles. The van der Waals surface area contributed by atoms with Crippen LogP contribution in [0.15, 0.2) is 42.1 Å². The van der Waals surface area contributed by atoms with E-state index >= 15 is 0 Å². The second-order valence-electron chi connectivity index (χ2n) is 9.21. The summed E-state index contributed by atoms with van der Waals surface area (Å²) in [5, 5.41) is 0. The van der Waals surface area contributed by atoms with Crippen LogP contribution >= 0.6 is 0 Å². The van der Waals surface area contributed by atoms with Gasteiger partial charge in [-0.25, -0.2) is 0 Å². The van der Waals surface area contributed by atoms with E-state index in [1.165, 1.54) is 5.70 Å². The summed E-state index contributed by atoms with van der Waals surface area (Å²) in [4.78, 5) is 15.0. The molecule has 0 bridgehead atoms. The number of rotatable bonds is 5. The van der Waals surface area contributed by atoms with Gasteiger partial charge in [0.1, 0.15) is 5.60 Å². The SMILES string of the molecule is CC(C)(C)OC(=O)C[C@@H](/C=C(/N1CCOCC1)C(C)(C)C)c1ccccc1. The van der Waals surface area contributed by atoms with Gasteiger partial charge in [-0.3, -0.25) is 4.79 Å². The minimum Gasteiger partial charge on any atom is -0.460 e. The molecule has 1 aliphatic rings. The van der Waals surface area contributed by atoms with Crippen LogP contribution in [0.4, 0.5) is 0 Å². The van der Waals surface area contributed by atoms with E-state index < -0.39 is 5.60 Å². The Labute approximate surface area is 164 Å². The molecule has 0 saturated carbocycles. The van der Waals surface area contributed by atoms with Crippen molar-refractivity contribution in [1.82, 2.24) is 4.90 Å². The number of morpholine rings is 1. The molecular weight excluding hydrogens is 338 g/mol. The fourth-order valence-corrected chi connectivity index (χ4v) is 3.36. The maximum Gasteiger partial charge on any atom is 0.307 e. The molecule has 0 radical (unpaired) electrons. The first-order chi connectivity index (χ1) is 12.6. The minimum atomic E-state index is -0.473. The topological polar surface area (TPSA) is 38.8 Å². The zero-order chi connectivity index (χ0) is 20.1. The zero-order valence-corrected chi connectivity index (χ0v) is 17.7. The fraction of sp³-hybridized carbons (Fsp3) is 0.609. The van der Waals surface area contributed by atoms with E-state index in [0.29, 0.717) is 6.42 Å². The molecule has 1 atom stereocenters. The van der Waals surface area contributed by atoms with E-state index in [4.69, 9.17) is 9.47 Å². The van der Waals surface area contributed by atoms with E-state index in [9.17, 15) is 4.79 Å². The van der Waals surface area contributed by atoms with Crippen molar-refractivity contribution in [2.45, 2.75) is 59.5 Å². The Morgan fingerprint density at radius 2 is 1.70 bits per heavy atom. The third-order valence-corrected chi connectivity index (χ3v) is 4.51. The second kappa shape index (κ2) is 8.92. The molecule has 4 nitrogen and oxygen atoms in total. The van der Waals surface area contributed by atoms with Crippen LogP contribution in [-0.4, -0.2) is 42.8 Å². The van der Waals surface area contributed by atoms with Gasteiger partial charge in [0.2, 0.25) is 0 Å². The van der Waals surface area contributed by atoms with Gasteiger partial charge in [-0.2, -0.15) is 0 Å². The number of esters is 1. The van der Waals surface area contributed by atoms with Crippen LogP contribution < -0.4 is 0 Å². The van der Waals surface area contributed by atoms with Crippen molar-refractivity contribution < 1.29 is 14.3 Å². The molecule has 1 aromatic carbocycles. The predicted molar refractivity (Wildman–Crippen MR) is 110 cm³/mol. The molecule has 0 amide bonds. The third kappa shape index (κ3) is 7.02. The van der Waals surface area contributed by atoms with Gasteiger partial charge in [0.25, 0.3) is 0 Å². The number of carbonyl (C=O) groups excluding carboxylic acids is 1. The lowest BCUT2D eigenvalue weighted by Crippen LogP contribution is -2.39.